The molecule has 2 aromatic rings. The summed E-state index contributed by atoms with van der Waals surface area (Å²) in [6.45, 7) is 3.39. The Morgan fingerprint density at radius 3 is 2.78 bits per heavy atom. The van der Waals surface area contributed by atoms with Crippen molar-refractivity contribution < 1.29 is 23.6 Å². The summed E-state index contributed by atoms with van der Waals surface area (Å²) in [5, 5.41) is 2.78. The standard InChI is InChI=1S/C20H22FN3O3/c1-3-23(11-14-8-9-18(27-2)15(21)10-14)13-20(26)24-12-19(25)22-16-6-4-5-7-17(16)24/h4-10H,3,11-13H2,1-2H3,(H,22,25)/p+1. The molecule has 2 N–H and O–H groups in total. The van der Waals surface area contributed by atoms with Gasteiger partial charge >= 0.3 is 0 Å². The maximum absolute atomic E-state index is 13.9. The van der Waals surface area contributed by atoms with E-state index in [1.54, 1.807) is 18.2 Å². The van der Waals surface area contributed by atoms with Crippen LogP contribution in [-0.4, -0.2) is 38.6 Å². The van der Waals surface area contributed by atoms with Gasteiger partial charge in [-0.15, -0.1) is 0 Å². The van der Waals surface area contributed by atoms with Crippen LogP contribution in [0.1, 0.15) is 12.5 Å². The quantitative estimate of drug-likeness (QED) is 0.802. The number of amides is 2. The van der Waals surface area contributed by atoms with E-state index in [9.17, 15) is 14.0 Å². The van der Waals surface area contributed by atoms with Crippen LogP contribution in [0.3, 0.4) is 0 Å². The third-order valence-electron chi connectivity index (χ3n) is 4.64. The van der Waals surface area contributed by atoms with Crippen molar-refractivity contribution in [2.75, 3.05) is 37.0 Å². The lowest BCUT2D eigenvalue weighted by atomic mass is 10.1. The van der Waals surface area contributed by atoms with Crippen molar-refractivity contribution in [1.29, 1.82) is 0 Å². The molecule has 0 aliphatic carbocycles. The van der Waals surface area contributed by atoms with E-state index >= 15 is 0 Å². The molecule has 7 heteroatoms. The molecule has 27 heavy (non-hydrogen) atoms. The fraction of sp³-hybridized carbons (Fsp3) is 0.300. The van der Waals surface area contributed by atoms with Gasteiger partial charge in [-0.05, 0) is 37.3 Å². The Bertz CT molecular complexity index is 856. The minimum Gasteiger partial charge on any atom is -0.494 e. The number of anilines is 2. The molecule has 0 bridgehead atoms. The van der Waals surface area contributed by atoms with E-state index in [2.05, 4.69) is 5.32 Å². The Labute approximate surface area is 157 Å². The lowest BCUT2D eigenvalue weighted by Gasteiger charge is -2.30. The van der Waals surface area contributed by atoms with Crippen molar-refractivity contribution in [3.8, 4) is 5.75 Å². The third kappa shape index (κ3) is 4.25. The van der Waals surface area contributed by atoms with Crippen LogP contribution in [0.25, 0.3) is 0 Å². The van der Waals surface area contributed by atoms with E-state index in [0.717, 1.165) is 10.5 Å². The van der Waals surface area contributed by atoms with Gasteiger partial charge in [0.2, 0.25) is 5.91 Å². The maximum Gasteiger partial charge on any atom is 0.282 e. The molecule has 0 radical (unpaired) electrons. The molecule has 0 saturated carbocycles. The predicted molar refractivity (Wildman–Crippen MR) is 100 cm³/mol. The van der Waals surface area contributed by atoms with Gasteiger partial charge in [-0.25, -0.2) is 4.39 Å². The summed E-state index contributed by atoms with van der Waals surface area (Å²) in [6, 6.07) is 12.1. The fourth-order valence-electron chi connectivity index (χ4n) is 3.19. The zero-order valence-electron chi connectivity index (χ0n) is 15.4. The predicted octanol–water partition coefficient (Wildman–Crippen LogP) is 1.22. The average Bonchev–Trinajstić information content (AvgIpc) is 2.66. The van der Waals surface area contributed by atoms with E-state index in [1.165, 1.54) is 18.1 Å². The number of halogens is 1. The lowest BCUT2D eigenvalue weighted by molar-refractivity contribution is -0.904. The number of rotatable bonds is 6. The number of nitrogens with zero attached hydrogens (tertiary/aromatic N) is 1. The number of ether oxygens (including phenoxy) is 1. The zero-order chi connectivity index (χ0) is 19.4. The molecule has 1 aliphatic rings. The molecule has 0 saturated heterocycles. The van der Waals surface area contributed by atoms with Gasteiger partial charge in [-0.1, -0.05) is 12.1 Å². The number of carbonyl (C=O) groups is 2. The van der Waals surface area contributed by atoms with Gasteiger partial charge in [0.1, 0.15) is 13.1 Å². The van der Waals surface area contributed by atoms with Crippen molar-refractivity contribution in [2.45, 2.75) is 13.5 Å². The molecule has 2 aromatic carbocycles. The fourth-order valence-corrected chi connectivity index (χ4v) is 3.19. The smallest absolute Gasteiger partial charge is 0.282 e. The maximum atomic E-state index is 13.9. The Hall–Kier alpha value is -2.93. The highest BCUT2D eigenvalue weighted by molar-refractivity contribution is 6.10. The molecule has 142 valence electrons. The minimum atomic E-state index is -0.418. The lowest BCUT2D eigenvalue weighted by Crippen LogP contribution is -3.11. The second kappa shape index (κ2) is 8.18. The first-order valence-corrected chi connectivity index (χ1v) is 8.87. The zero-order valence-corrected chi connectivity index (χ0v) is 15.4. The summed E-state index contributed by atoms with van der Waals surface area (Å²) in [5.74, 6) is -0.567. The van der Waals surface area contributed by atoms with Crippen molar-refractivity contribution in [2.24, 2.45) is 0 Å². The SMILES string of the molecule is CC[NH+](CC(=O)N1CC(=O)Nc2ccccc21)Cc1ccc(OC)c(F)c1. The van der Waals surface area contributed by atoms with Crippen molar-refractivity contribution in [3.63, 3.8) is 0 Å². The highest BCUT2D eigenvalue weighted by Gasteiger charge is 2.28. The first-order chi connectivity index (χ1) is 13.0. The summed E-state index contributed by atoms with van der Waals surface area (Å²) in [7, 11) is 1.42. The number of benzene rings is 2. The first kappa shape index (κ1) is 18.8. The Kier molecular flexibility index (Phi) is 5.71. The van der Waals surface area contributed by atoms with E-state index in [4.69, 9.17) is 4.74 Å². The highest BCUT2D eigenvalue weighted by atomic mass is 19.1. The Balaban J connectivity index is 1.72. The second-order valence-electron chi connectivity index (χ2n) is 6.47. The largest absolute Gasteiger partial charge is 0.494 e. The Morgan fingerprint density at radius 1 is 1.30 bits per heavy atom. The molecule has 1 aliphatic heterocycles. The molecule has 6 nitrogen and oxygen atoms in total. The molecule has 0 fully saturated rings. The van der Waals surface area contributed by atoms with Crippen molar-refractivity contribution in [1.82, 2.24) is 0 Å². The average molecular weight is 372 g/mol. The van der Waals surface area contributed by atoms with Crippen LogP contribution in [-0.2, 0) is 16.1 Å². The van der Waals surface area contributed by atoms with Crippen LogP contribution in [0.2, 0.25) is 0 Å². The van der Waals surface area contributed by atoms with E-state index < -0.39 is 5.82 Å². The number of nitrogens with one attached hydrogen (secondary N) is 2. The summed E-state index contributed by atoms with van der Waals surface area (Å²) in [6.07, 6.45) is 0. The number of hydrogen-bond acceptors (Lipinski definition) is 3. The molecule has 1 heterocycles. The van der Waals surface area contributed by atoms with Gasteiger partial charge in [0.15, 0.2) is 18.1 Å². The van der Waals surface area contributed by atoms with Crippen LogP contribution >= 0.6 is 0 Å². The van der Waals surface area contributed by atoms with Gasteiger partial charge in [0.05, 0.1) is 25.0 Å². The molecule has 1 atom stereocenters. The summed E-state index contributed by atoms with van der Waals surface area (Å²) < 4.78 is 18.9. The number of hydrogen-bond donors (Lipinski definition) is 2. The van der Waals surface area contributed by atoms with Crippen molar-refractivity contribution >= 4 is 23.2 Å². The van der Waals surface area contributed by atoms with E-state index in [0.29, 0.717) is 24.5 Å². The molecular formula is C20H23FN3O3+. The van der Waals surface area contributed by atoms with Gasteiger partial charge in [-0.2, -0.15) is 0 Å². The Morgan fingerprint density at radius 2 is 2.07 bits per heavy atom. The number of para-hydroxylation sites is 2. The topological polar surface area (TPSA) is 63.1 Å². The normalized spacial score (nSPS) is 14.3. The molecule has 2 amide bonds. The third-order valence-corrected chi connectivity index (χ3v) is 4.64. The molecule has 3 rings (SSSR count). The van der Waals surface area contributed by atoms with Crippen LogP contribution in [0, 0.1) is 5.82 Å². The van der Waals surface area contributed by atoms with Crippen LogP contribution in [0.5, 0.6) is 5.75 Å². The van der Waals surface area contributed by atoms with Gasteiger partial charge in [-0.3, -0.25) is 14.5 Å². The van der Waals surface area contributed by atoms with Crippen LogP contribution in [0.15, 0.2) is 42.5 Å². The summed E-state index contributed by atoms with van der Waals surface area (Å²) in [4.78, 5) is 27.3. The first-order valence-electron chi connectivity index (χ1n) is 8.87. The minimum absolute atomic E-state index is 0.00397. The van der Waals surface area contributed by atoms with Gasteiger partial charge < -0.3 is 15.0 Å². The monoisotopic (exact) mass is 372 g/mol. The van der Waals surface area contributed by atoms with Gasteiger partial charge in [0.25, 0.3) is 5.91 Å². The number of likely N-dealkylation sites (N-methyl/N-ethyl adjacent to an activating group) is 1. The molecule has 0 aromatic heterocycles. The van der Waals surface area contributed by atoms with Crippen LogP contribution < -0.4 is 19.9 Å². The van der Waals surface area contributed by atoms with Crippen LogP contribution in [0.4, 0.5) is 15.8 Å². The van der Waals surface area contributed by atoms with E-state index in [1.807, 2.05) is 25.1 Å². The highest BCUT2D eigenvalue weighted by Crippen LogP contribution is 2.28. The molecule has 0 spiro atoms. The number of quaternary nitrogens is 1. The van der Waals surface area contributed by atoms with E-state index in [-0.39, 0.29) is 30.7 Å². The summed E-state index contributed by atoms with van der Waals surface area (Å²) in [5.41, 5.74) is 2.13. The molecule has 1 unspecified atom stereocenters. The number of carbonyl (C=O) groups excluding carboxylic acids is 2. The summed E-state index contributed by atoms with van der Waals surface area (Å²) >= 11 is 0. The number of methoxy groups -OCH3 is 1. The van der Waals surface area contributed by atoms with Gasteiger partial charge in [0, 0.05) is 5.56 Å². The number of fused-ring (bicyclic) bond motifs is 1. The van der Waals surface area contributed by atoms with Crippen molar-refractivity contribution in [3.05, 3.63) is 53.8 Å². The second-order valence-corrected chi connectivity index (χ2v) is 6.47. The molecular weight excluding hydrogens is 349 g/mol.